The molecule has 0 spiro atoms. The van der Waals surface area contributed by atoms with Gasteiger partial charge in [-0.3, -0.25) is 0 Å². The second-order valence-corrected chi connectivity index (χ2v) is 5.25. The van der Waals surface area contributed by atoms with Crippen molar-refractivity contribution in [3.63, 3.8) is 0 Å². The van der Waals surface area contributed by atoms with Gasteiger partial charge in [-0.05, 0) is 34.1 Å². The van der Waals surface area contributed by atoms with Gasteiger partial charge in [0, 0.05) is 22.6 Å². The zero-order valence-electron chi connectivity index (χ0n) is 10.6. The molecule has 112 valence electrons. The van der Waals surface area contributed by atoms with E-state index in [1.165, 1.54) is 13.1 Å². The number of aromatic nitrogens is 2. The van der Waals surface area contributed by atoms with Crippen LogP contribution in [0.1, 0.15) is 5.82 Å². The van der Waals surface area contributed by atoms with Gasteiger partial charge in [0.05, 0.1) is 5.69 Å². The predicted octanol–water partition coefficient (Wildman–Crippen LogP) is 4.70. The Labute approximate surface area is 131 Å². The van der Waals surface area contributed by atoms with Gasteiger partial charge in [0.1, 0.15) is 11.6 Å². The molecule has 0 aliphatic rings. The number of anilines is 3. The zero-order valence-corrected chi connectivity index (χ0v) is 12.9. The third kappa shape index (κ3) is 3.98. The fourth-order valence-electron chi connectivity index (χ4n) is 1.49. The minimum absolute atomic E-state index is 0.0182. The Kier molecular flexibility index (Phi) is 4.58. The van der Waals surface area contributed by atoms with E-state index < -0.39 is 12.0 Å². The molecular weight excluding hydrogens is 373 g/mol. The summed E-state index contributed by atoms with van der Waals surface area (Å²) in [5, 5.41) is 5.86. The van der Waals surface area contributed by atoms with Crippen LogP contribution in [0.3, 0.4) is 0 Å². The minimum atomic E-state index is -4.62. The van der Waals surface area contributed by atoms with Gasteiger partial charge in [0.15, 0.2) is 0 Å². The van der Waals surface area contributed by atoms with Crippen LogP contribution in [0.15, 0.2) is 28.7 Å². The largest absolute Gasteiger partial charge is 0.451 e. The molecule has 21 heavy (non-hydrogen) atoms. The van der Waals surface area contributed by atoms with Crippen LogP contribution in [0.2, 0.25) is 5.02 Å². The second-order valence-electron chi connectivity index (χ2n) is 3.96. The second kappa shape index (κ2) is 6.07. The number of halogens is 5. The molecule has 0 amide bonds. The van der Waals surface area contributed by atoms with Crippen molar-refractivity contribution in [2.45, 2.75) is 6.18 Å². The van der Waals surface area contributed by atoms with Gasteiger partial charge >= 0.3 is 6.18 Å². The third-order valence-corrected chi connectivity index (χ3v) is 3.32. The van der Waals surface area contributed by atoms with Gasteiger partial charge < -0.3 is 10.6 Å². The Morgan fingerprint density at radius 3 is 2.38 bits per heavy atom. The summed E-state index contributed by atoms with van der Waals surface area (Å²) in [6.07, 6.45) is -4.62. The van der Waals surface area contributed by atoms with E-state index in [1.54, 1.807) is 18.2 Å². The van der Waals surface area contributed by atoms with Crippen LogP contribution in [0.5, 0.6) is 0 Å². The molecule has 0 saturated heterocycles. The first-order chi connectivity index (χ1) is 9.79. The van der Waals surface area contributed by atoms with Crippen molar-refractivity contribution in [1.82, 2.24) is 9.97 Å². The number of hydrogen-bond acceptors (Lipinski definition) is 4. The number of rotatable bonds is 3. The third-order valence-electron chi connectivity index (χ3n) is 2.43. The number of alkyl halides is 3. The van der Waals surface area contributed by atoms with Crippen LogP contribution >= 0.6 is 27.5 Å². The Morgan fingerprint density at radius 1 is 1.14 bits per heavy atom. The van der Waals surface area contributed by atoms with Gasteiger partial charge in [-0.2, -0.15) is 13.2 Å². The number of nitrogens with zero attached hydrogens (tertiary/aromatic N) is 2. The Balaban J connectivity index is 2.39. The summed E-state index contributed by atoms with van der Waals surface area (Å²) >= 11 is 9.08. The van der Waals surface area contributed by atoms with Crippen LogP contribution in [0, 0.1) is 0 Å². The van der Waals surface area contributed by atoms with Crippen molar-refractivity contribution in [3.8, 4) is 0 Å². The molecule has 0 unspecified atom stereocenters. The minimum Gasteiger partial charge on any atom is -0.373 e. The lowest BCUT2D eigenvalue weighted by atomic mass is 10.3. The predicted molar refractivity (Wildman–Crippen MR) is 79.0 cm³/mol. The van der Waals surface area contributed by atoms with Crippen molar-refractivity contribution >= 4 is 44.9 Å². The van der Waals surface area contributed by atoms with E-state index in [4.69, 9.17) is 11.6 Å². The Hall–Kier alpha value is -1.54. The highest BCUT2D eigenvalue weighted by Crippen LogP contribution is 2.31. The lowest BCUT2D eigenvalue weighted by Crippen LogP contribution is -2.13. The van der Waals surface area contributed by atoms with E-state index in [-0.39, 0.29) is 11.6 Å². The van der Waals surface area contributed by atoms with Crippen LogP contribution in [0.4, 0.5) is 30.5 Å². The van der Waals surface area contributed by atoms with Crippen LogP contribution < -0.4 is 10.6 Å². The molecule has 0 aliphatic carbocycles. The number of benzene rings is 1. The molecule has 0 aliphatic heterocycles. The van der Waals surface area contributed by atoms with E-state index in [2.05, 4.69) is 36.5 Å². The van der Waals surface area contributed by atoms with Crippen molar-refractivity contribution in [1.29, 1.82) is 0 Å². The fourth-order valence-corrected chi connectivity index (χ4v) is 2.28. The Morgan fingerprint density at radius 2 is 1.81 bits per heavy atom. The first-order valence-corrected chi connectivity index (χ1v) is 6.83. The van der Waals surface area contributed by atoms with Crippen LogP contribution in [0.25, 0.3) is 0 Å². The van der Waals surface area contributed by atoms with Gasteiger partial charge in [0.25, 0.3) is 0 Å². The smallest absolute Gasteiger partial charge is 0.373 e. The first-order valence-electron chi connectivity index (χ1n) is 5.65. The molecule has 2 aromatic rings. The summed E-state index contributed by atoms with van der Waals surface area (Å²) in [5.41, 5.74) is 0.535. The number of hydrogen-bond donors (Lipinski definition) is 2. The van der Waals surface area contributed by atoms with Gasteiger partial charge in [-0.1, -0.05) is 11.6 Å². The topological polar surface area (TPSA) is 49.8 Å². The van der Waals surface area contributed by atoms with Crippen LogP contribution in [-0.2, 0) is 6.18 Å². The normalized spacial score (nSPS) is 11.3. The fraction of sp³-hybridized carbons (Fsp3) is 0.167. The molecule has 0 radical (unpaired) electrons. The zero-order chi connectivity index (χ0) is 15.6. The highest BCUT2D eigenvalue weighted by atomic mass is 79.9. The molecule has 0 fully saturated rings. The molecule has 9 heteroatoms. The van der Waals surface area contributed by atoms with Crippen molar-refractivity contribution < 1.29 is 13.2 Å². The average molecular weight is 382 g/mol. The van der Waals surface area contributed by atoms with E-state index in [9.17, 15) is 13.2 Å². The SMILES string of the molecule is CNc1cc(Nc2ccc(Cl)cc2Br)nc(C(F)(F)F)n1. The van der Waals surface area contributed by atoms with Crippen molar-refractivity contribution in [3.05, 3.63) is 39.6 Å². The molecule has 2 rings (SSSR count). The number of nitrogens with one attached hydrogen (secondary N) is 2. The standard InChI is InChI=1S/C12H9BrClF3N4/c1-18-9-5-10(21-11(20-9)12(15,16)17)19-8-3-2-6(14)4-7(8)13/h2-5H,1H3,(H2,18,19,20,21). The lowest BCUT2D eigenvalue weighted by Gasteiger charge is -2.12. The highest BCUT2D eigenvalue weighted by molar-refractivity contribution is 9.10. The molecular formula is C12H9BrClF3N4. The van der Waals surface area contributed by atoms with Gasteiger partial charge in [0.2, 0.25) is 5.82 Å². The molecule has 1 heterocycles. The maximum Gasteiger partial charge on any atom is 0.451 e. The van der Waals surface area contributed by atoms with Crippen molar-refractivity contribution in [2.75, 3.05) is 17.7 Å². The summed E-state index contributed by atoms with van der Waals surface area (Å²) in [6, 6.07) is 6.23. The van der Waals surface area contributed by atoms with Crippen LogP contribution in [-0.4, -0.2) is 17.0 Å². The first kappa shape index (κ1) is 15.8. The van der Waals surface area contributed by atoms with Gasteiger partial charge in [-0.15, -0.1) is 0 Å². The Bertz CT molecular complexity index is 663. The summed E-state index contributed by atoms with van der Waals surface area (Å²) in [5.74, 6) is -1.14. The maximum atomic E-state index is 12.7. The monoisotopic (exact) mass is 380 g/mol. The van der Waals surface area contributed by atoms with E-state index >= 15 is 0 Å². The molecule has 0 atom stereocenters. The molecule has 1 aromatic carbocycles. The summed E-state index contributed by atoms with van der Waals surface area (Å²) in [4.78, 5) is 6.85. The highest BCUT2D eigenvalue weighted by Gasteiger charge is 2.35. The molecule has 2 N–H and O–H groups in total. The quantitative estimate of drug-likeness (QED) is 0.809. The molecule has 4 nitrogen and oxygen atoms in total. The summed E-state index contributed by atoms with van der Waals surface area (Å²) in [7, 11) is 1.48. The average Bonchev–Trinajstić information content (AvgIpc) is 2.40. The molecule has 0 bridgehead atoms. The van der Waals surface area contributed by atoms with E-state index in [0.29, 0.717) is 15.2 Å². The van der Waals surface area contributed by atoms with E-state index in [1.807, 2.05) is 0 Å². The van der Waals surface area contributed by atoms with E-state index in [0.717, 1.165) is 0 Å². The summed E-state index contributed by atoms with van der Waals surface area (Å²) in [6.45, 7) is 0. The summed E-state index contributed by atoms with van der Waals surface area (Å²) < 4.78 is 38.8. The molecule has 0 saturated carbocycles. The van der Waals surface area contributed by atoms with Gasteiger partial charge in [-0.25, -0.2) is 9.97 Å². The maximum absolute atomic E-state index is 12.7. The lowest BCUT2D eigenvalue weighted by molar-refractivity contribution is -0.144. The molecule has 1 aromatic heterocycles. The van der Waals surface area contributed by atoms with Crippen molar-refractivity contribution in [2.24, 2.45) is 0 Å².